The lowest BCUT2D eigenvalue weighted by Crippen LogP contribution is -2.29. The number of fused-ring (bicyclic) bond motifs is 4. The summed E-state index contributed by atoms with van der Waals surface area (Å²) >= 11 is 0. The lowest BCUT2D eigenvalue weighted by atomic mass is 9.76. The maximum atomic E-state index is 3.84. The van der Waals surface area contributed by atoms with Crippen molar-refractivity contribution in [2.24, 2.45) is 5.92 Å². The summed E-state index contributed by atoms with van der Waals surface area (Å²) in [7, 11) is 0. The first kappa shape index (κ1) is 13.9. The SMILES string of the molecule is Cc1ccc2c(c1)[C@H]1C=CC[C@H]1[C@@H](c1ccc3ccccc3c1)N2. The Morgan fingerprint density at radius 3 is 2.71 bits per heavy atom. The Labute approximate surface area is 143 Å². The number of nitrogens with one attached hydrogen (secondary N) is 1. The third-order valence-electron chi connectivity index (χ3n) is 5.65. The second kappa shape index (κ2) is 5.24. The molecule has 0 saturated carbocycles. The molecule has 24 heavy (non-hydrogen) atoms. The molecule has 5 rings (SSSR count). The molecule has 2 aliphatic rings. The van der Waals surface area contributed by atoms with E-state index in [0.717, 1.165) is 6.42 Å². The third kappa shape index (κ3) is 2.08. The van der Waals surface area contributed by atoms with Crippen LogP contribution in [-0.2, 0) is 0 Å². The van der Waals surface area contributed by atoms with E-state index < -0.39 is 0 Å². The standard InChI is InChI=1S/C23H21N/c1-15-9-12-22-21(13-15)19-7-4-8-20(19)23(24-22)18-11-10-16-5-2-3-6-17(16)14-18/h2-7,9-14,19-20,23-24H,8H2,1H3/t19-,20+,23+/m0/s1. The normalized spacial score (nSPS) is 24.5. The van der Waals surface area contributed by atoms with Crippen LogP contribution in [-0.4, -0.2) is 0 Å². The summed E-state index contributed by atoms with van der Waals surface area (Å²) in [5.74, 6) is 1.15. The molecule has 3 atom stereocenters. The first-order valence-corrected chi connectivity index (χ1v) is 8.82. The van der Waals surface area contributed by atoms with Crippen molar-refractivity contribution in [2.45, 2.75) is 25.3 Å². The average Bonchev–Trinajstić information content (AvgIpc) is 3.11. The molecule has 0 aromatic heterocycles. The van der Waals surface area contributed by atoms with Gasteiger partial charge in [-0.2, -0.15) is 0 Å². The summed E-state index contributed by atoms with van der Waals surface area (Å²) in [5, 5.41) is 6.48. The van der Waals surface area contributed by atoms with Crippen LogP contribution in [0.4, 0.5) is 5.69 Å². The van der Waals surface area contributed by atoms with Gasteiger partial charge in [0.15, 0.2) is 0 Å². The molecule has 1 heteroatoms. The Morgan fingerprint density at radius 1 is 0.917 bits per heavy atom. The van der Waals surface area contributed by atoms with Crippen molar-refractivity contribution in [1.29, 1.82) is 0 Å². The molecule has 3 aromatic carbocycles. The molecule has 1 aliphatic carbocycles. The van der Waals surface area contributed by atoms with Crippen molar-refractivity contribution in [3.8, 4) is 0 Å². The summed E-state index contributed by atoms with van der Waals surface area (Å²) in [6.45, 7) is 2.18. The van der Waals surface area contributed by atoms with Crippen LogP contribution in [0.15, 0.2) is 72.8 Å². The van der Waals surface area contributed by atoms with Crippen LogP contribution < -0.4 is 5.32 Å². The first-order chi connectivity index (χ1) is 11.8. The van der Waals surface area contributed by atoms with Crippen molar-refractivity contribution in [3.63, 3.8) is 0 Å². The van der Waals surface area contributed by atoms with E-state index in [1.54, 1.807) is 0 Å². The molecule has 0 spiro atoms. The number of allylic oxidation sites excluding steroid dienone is 2. The number of hydrogen-bond donors (Lipinski definition) is 1. The molecule has 0 amide bonds. The number of aryl methyl sites for hydroxylation is 1. The molecule has 1 nitrogen and oxygen atoms in total. The van der Waals surface area contributed by atoms with Crippen LogP contribution in [0.2, 0.25) is 0 Å². The van der Waals surface area contributed by atoms with Gasteiger partial charge in [-0.05, 0) is 53.3 Å². The molecule has 118 valence electrons. The van der Waals surface area contributed by atoms with Crippen molar-refractivity contribution in [1.82, 2.24) is 0 Å². The molecule has 1 N–H and O–H groups in total. The van der Waals surface area contributed by atoms with Gasteiger partial charge in [0.1, 0.15) is 0 Å². The smallest absolute Gasteiger partial charge is 0.0554 e. The van der Waals surface area contributed by atoms with E-state index in [-0.39, 0.29) is 0 Å². The van der Waals surface area contributed by atoms with Gasteiger partial charge in [0, 0.05) is 11.6 Å². The van der Waals surface area contributed by atoms with Crippen molar-refractivity contribution in [3.05, 3.63) is 89.5 Å². The van der Waals surface area contributed by atoms with E-state index >= 15 is 0 Å². The van der Waals surface area contributed by atoms with Crippen molar-refractivity contribution < 1.29 is 0 Å². The fraction of sp³-hybridized carbons (Fsp3) is 0.217. The Bertz CT molecular complexity index is 953. The summed E-state index contributed by atoms with van der Waals surface area (Å²) in [6, 6.07) is 22.7. The summed E-state index contributed by atoms with van der Waals surface area (Å²) in [5.41, 5.74) is 5.51. The zero-order valence-electron chi connectivity index (χ0n) is 13.9. The highest BCUT2D eigenvalue weighted by Crippen LogP contribution is 2.50. The summed E-state index contributed by atoms with van der Waals surface area (Å²) < 4.78 is 0. The van der Waals surface area contributed by atoms with E-state index in [1.807, 2.05) is 0 Å². The van der Waals surface area contributed by atoms with Crippen LogP contribution in [0.3, 0.4) is 0 Å². The first-order valence-electron chi connectivity index (χ1n) is 8.82. The molecule has 3 aromatic rings. The lowest BCUT2D eigenvalue weighted by molar-refractivity contribution is 0.425. The molecular weight excluding hydrogens is 290 g/mol. The van der Waals surface area contributed by atoms with Gasteiger partial charge in [-0.1, -0.05) is 66.2 Å². The van der Waals surface area contributed by atoms with Gasteiger partial charge in [0.05, 0.1) is 6.04 Å². The topological polar surface area (TPSA) is 12.0 Å². The average molecular weight is 311 g/mol. The number of benzene rings is 3. The maximum Gasteiger partial charge on any atom is 0.0554 e. The van der Waals surface area contributed by atoms with Crippen LogP contribution in [0.25, 0.3) is 10.8 Å². The second-order valence-corrected chi connectivity index (χ2v) is 7.17. The van der Waals surface area contributed by atoms with Gasteiger partial charge in [-0.3, -0.25) is 0 Å². The molecule has 1 aliphatic heterocycles. The zero-order valence-corrected chi connectivity index (χ0v) is 13.9. The predicted octanol–water partition coefficient (Wildman–Crippen LogP) is 5.97. The minimum atomic E-state index is 0.379. The van der Waals surface area contributed by atoms with Crippen LogP contribution in [0.1, 0.15) is 35.1 Å². The summed E-state index contributed by atoms with van der Waals surface area (Å²) in [4.78, 5) is 0. The third-order valence-corrected chi connectivity index (χ3v) is 5.65. The minimum Gasteiger partial charge on any atom is -0.378 e. The molecule has 0 radical (unpaired) electrons. The van der Waals surface area contributed by atoms with Gasteiger partial charge in [0.2, 0.25) is 0 Å². The molecule has 0 unspecified atom stereocenters. The van der Waals surface area contributed by atoms with Gasteiger partial charge in [-0.25, -0.2) is 0 Å². The van der Waals surface area contributed by atoms with Gasteiger partial charge in [0.25, 0.3) is 0 Å². The van der Waals surface area contributed by atoms with E-state index in [0.29, 0.717) is 17.9 Å². The zero-order chi connectivity index (χ0) is 16.1. The van der Waals surface area contributed by atoms with Gasteiger partial charge in [-0.15, -0.1) is 0 Å². The fourth-order valence-corrected chi connectivity index (χ4v) is 4.45. The van der Waals surface area contributed by atoms with E-state index in [1.165, 1.54) is 33.2 Å². The van der Waals surface area contributed by atoms with Crippen LogP contribution in [0.5, 0.6) is 0 Å². The molecule has 1 heterocycles. The Kier molecular flexibility index (Phi) is 3.02. The molecular formula is C23H21N. The van der Waals surface area contributed by atoms with Gasteiger partial charge < -0.3 is 5.32 Å². The number of anilines is 1. The Hall–Kier alpha value is -2.54. The highest BCUT2D eigenvalue weighted by atomic mass is 15.0. The van der Waals surface area contributed by atoms with E-state index in [2.05, 4.69) is 85.1 Å². The van der Waals surface area contributed by atoms with Crippen LogP contribution in [0, 0.1) is 12.8 Å². The maximum absolute atomic E-state index is 3.84. The molecule has 0 bridgehead atoms. The van der Waals surface area contributed by atoms with Crippen LogP contribution >= 0.6 is 0 Å². The van der Waals surface area contributed by atoms with E-state index in [4.69, 9.17) is 0 Å². The minimum absolute atomic E-state index is 0.379. The largest absolute Gasteiger partial charge is 0.378 e. The summed E-state index contributed by atoms with van der Waals surface area (Å²) in [6.07, 6.45) is 5.93. The molecule has 0 fully saturated rings. The highest BCUT2D eigenvalue weighted by Gasteiger charge is 2.37. The van der Waals surface area contributed by atoms with Crippen molar-refractivity contribution in [2.75, 3.05) is 5.32 Å². The highest BCUT2D eigenvalue weighted by molar-refractivity contribution is 5.83. The second-order valence-electron chi connectivity index (χ2n) is 7.17. The lowest BCUT2D eigenvalue weighted by Gasteiger charge is -2.37. The Balaban J connectivity index is 1.61. The Morgan fingerprint density at radius 2 is 1.79 bits per heavy atom. The quantitative estimate of drug-likeness (QED) is 0.545. The number of rotatable bonds is 1. The van der Waals surface area contributed by atoms with Crippen molar-refractivity contribution >= 4 is 16.5 Å². The van der Waals surface area contributed by atoms with Gasteiger partial charge >= 0.3 is 0 Å². The number of hydrogen-bond acceptors (Lipinski definition) is 1. The van der Waals surface area contributed by atoms with E-state index in [9.17, 15) is 0 Å². The fourth-order valence-electron chi connectivity index (χ4n) is 4.45. The molecule has 0 saturated heterocycles. The predicted molar refractivity (Wildman–Crippen MR) is 101 cm³/mol. The monoisotopic (exact) mass is 311 g/mol.